The summed E-state index contributed by atoms with van der Waals surface area (Å²) in [5.41, 5.74) is 0. The molecule has 0 saturated carbocycles. The molecule has 0 rings (SSSR count). The predicted octanol–water partition coefficient (Wildman–Crippen LogP) is 2.69. The van der Waals surface area contributed by atoms with Crippen molar-refractivity contribution in [3.05, 3.63) is 24.7 Å². The summed E-state index contributed by atoms with van der Waals surface area (Å²) >= 11 is 0. The minimum Gasteiger partial charge on any atom is -0.497 e. The molecule has 0 N–H and O–H groups in total. The molecule has 0 aliphatic rings. The Kier molecular flexibility index (Phi) is 4.80. The van der Waals surface area contributed by atoms with Crippen LogP contribution in [0.5, 0.6) is 0 Å². The first-order chi connectivity index (χ1) is 5.89. The normalized spacial score (nSPS) is 10.8. The van der Waals surface area contributed by atoms with Crippen LogP contribution in [-0.2, 0) is 13.3 Å². The first-order valence-corrected chi connectivity index (χ1v) is 6.45. The highest BCUT2D eigenvalue weighted by atomic mass is 28.4. The lowest BCUT2D eigenvalue weighted by atomic mass is 10.7. The third-order valence-corrected chi connectivity index (χ3v) is 3.38. The van der Waals surface area contributed by atoms with Crippen molar-refractivity contribution >= 4 is 8.80 Å². The average Bonchev–Trinajstić information content (AvgIpc) is 1.81. The van der Waals surface area contributed by atoms with E-state index < -0.39 is 8.80 Å². The SMILES string of the molecule is C=C(C)O[Si](C)(OCC)OC(=C)C. The van der Waals surface area contributed by atoms with Gasteiger partial charge >= 0.3 is 8.80 Å². The van der Waals surface area contributed by atoms with Crippen LogP contribution >= 0.6 is 0 Å². The van der Waals surface area contributed by atoms with Gasteiger partial charge in [0, 0.05) is 13.2 Å². The van der Waals surface area contributed by atoms with Crippen LogP contribution < -0.4 is 0 Å². The van der Waals surface area contributed by atoms with Gasteiger partial charge in [0.15, 0.2) is 0 Å². The molecule has 0 spiro atoms. The standard InChI is InChI=1S/C9H18O3Si/c1-7-10-13(6,11-8(2)3)12-9(4)5/h2,4,7H2,1,3,5-6H3. The molecule has 0 bridgehead atoms. The third-order valence-electron chi connectivity index (χ3n) is 1.13. The summed E-state index contributed by atoms with van der Waals surface area (Å²) in [5, 5.41) is 0. The molecule has 0 aliphatic heterocycles. The van der Waals surface area contributed by atoms with Gasteiger partial charge in [-0.25, -0.2) is 0 Å². The Bertz CT molecular complexity index is 185. The van der Waals surface area contributed by atoms with Crippen LogP contribution in [0.25, 0.3) is 0 Å². The van der Waals surface area contributed by atoms with E-state index in [-0.39, 0.29) is 0 Å². The van der Waals surface area contributed by atoms with E-state index in [1.54, 1.807) is 13.8 Å². The van der Waals surface area contributed by atoms with E-state index in [0.29, 0.717) is 18.1 Å². The van der Waals surface area contributed by atoms with Crippen molar-refractivity contribution in [2.75, 3.05) is 6.61 Å². The van der Waals surface area contributed by atoms with E-state index in [4.69, 9.17) is 13.3 Å². The van der Waals surface area contributed by atoms with Gasteiger partial charge in [0.1, 0.15) is 0 Å². The Morgan fingerprint density at radius 3 is 1.77 bits per heavy atom. The molecule has 0 aromatic heterocycles. The zero-order valence-corrected chi connectivity index (χ0v) is 9.85. The van der Waals surface area contributed by atoms with Crippen molar-refractivity contribution in [1.82, 2.24) is 0 Å². The molecular weight excluding hydrogens is 184 g/mol. The molecule has 0 radical (unpaired) electrons. The Hall–Kier alpha value is -0.743. The first kappa shape index (κ1) is 12.3. The number of hydrogen-bond acceptors (Lipinski definition) is 3. The molecule has 0 saturated heterocycles. The van der Waals surface area contributed by atoms with Crippen LogP contribution in [0.1, 0.15) is 20.8 Å². The second kappa shape index (κ2) is 5.09. The van der Waals surface area contributed by atoms with Gasteiger partial charge < -0.3 is 13.3 Å². The zero-order chi connectivity index (χ0) is 10.5. The zero-order valence-electron chi connectivity index (χ0n) is 8.85. The molecule has 0 atom stereocenters. The van der Waals surface area contributed by atoms with Crippen LogP contribution in [0.3, 0.4) is 0 Å². The van der Waals surface area contributed by atoms with Crippen LogP contribution in [0.15, 0.2) is 24.7 Å². The van der Waals surface area contributed by atoms with Crippen molar-refractivity contribution < 1.29 is 13.3 Å². The number of rotatable bonds is 6. The lowest BCUT2D eigenvalue weighted by molar-refractivity contribution is 0.124. The van der Waals surface area contributed by atoms with E-state index in [1.807, 2.05) is 13.5 Å². The summed E-state index contributed by atoms with van der Waals surface area (Å²) in [5.74, 6) is 1.20. The highest BCUT2D eigenvalue weighted by Crippen LogP contribution is 2.16. The second-order valence-corrected chi connectivity index (χ2v) is 5.33. The van der Waals surface area contributed by atoms with E-state index >= 15 is 0 Å². The molecule has 0 fully saturated rings. The molecule has 0 aromatic rings. The van der Waals surface area contributed by atoms with Crippen molar-refractivity contribution in [2.24, 2.45) is 0 Å². The molecule has 4 heteroatoms. The fourth-order valence-electron chi connectivity index (χ4n) is 0.975. The highest BCUT2D eigenvalue weighted by molar-refractivity contribution is 6.59. The van der Waals surface area contributed by atoms with Gasteiger partial charge in [-0.15, -0.1) is 0 Å². The van der Waals surface area contributed by atoms with E-state index in [1.165, 1.54) is 0 Å². The van der Waals surface area contributed by atoms with Crippen LogP contribution in [0.4, 0.5) is 0 Å². The topological polar surface area (TPSA) is 27.7 Å². The van der Waals surface area contributed by atoms with Gasteiger partial charge in [0.25, 0.3) is 0 Å². The molecule has 0 aliphatic carbocycles. The lowest BCUT2D eigenvalue weighted by Gasteiger charge is -2.26. The fourth-order valence-corrected chi connectivity index (χ4v) is 2.92. The molecule has 0 amide bonds. The minimum absolute atomic E-state index is 0.559. The summed E-state index contributed by atoms with van der Waals surface area (Å²) < 4.78 is 16.3. The molecule has 3 nitrogen and oxygen atoms in total. The molecule has 13 heavy (non-hydrogen) atoms. The quantitative estimate of drug-likeness (QED) is 0.489. The maximum Gasteiger partial charge on any atom is 0.628 e. The molecular formula is C9H18O3Si. The van der Waals surface area contributed by atoms with Crippen molar-refractivity contribution in [2.45, 2.75) is 27.3 Å². The smallest absolute Gasteiger partial charge is 0.497 e. The highest BCUT2D eigenvalue weighted by Gasteiger charge is 2.39. The molecule has 0 unspecified atom stereocenters. The van der Waals surface area contributed by atoms with Crippen LogP contribution in [0.2, 0.25) is 6.55 Å². The summed E-state index contributed by atoms with van der Waals surface area (Å²) in [6.07, 6.45) is 0. The van der Waals surface area contributed by atoms with Gasteiger partial charge in [-0.05, 0) is 20.8 Å². The summed E-state index contributed by atoms with van der Waals surface area (Å²) in [4.78, 5) is 0. The Morgan fingerprint density at radius 2 is 1.54 bits per heavy atom. The van der Waals surface area contributed by atoms with Gasteiger partial charge in [-0.2, -0.15) is 0 Å². The molecule has 76 valence electrons. The first-order valence-electron chi connectivity index (χ1n) is 4.22. The van der Waals surface area contributed by atoms with Crippen molar-refractivity contribution in [3.8, 4) is 0 Å². The third kappa shape index (κ3) is 5.49. The second-order valence-electron chi connectivity index (χ2n) is 2.90. The fraction of sp³-hybridized carbons (Fsp3) is 0.556. The van der Waals surface area contributed by atoms with Crippen molar-refractivity contribution in [1.29, 1.82) is 0 Å². The van der Waals surface area contributed by atoms with E-state index in [9.17, 15) is 0 Å². The van der Waals surface area contributed by atoms with E-state index in [2.05, 4.69) is 13.2 Å². The molecule has 0 heterocycles. The minimum atomic E-state index is -2.57. The van der Waals surface area contributed by atoms with Crippen LogP contribution in [-0.4, -0.2) is 15.4 Å². The summed E-state index contributed by atoms with van der Waals surface area (Å²) in [7, 11) is -2.57. The maximum atomic E-state index is 5.43. The van der Waals surface area contributed by atoms with Gasteiger partial charge in [0.05, 0.1) is 11.5 Å². The maximum absolute atomic E-state index is 5.43. The number of allylic oxidation sites excluding steroid dienone is 2. The van der Waals surface area contributed by atoms with Gasteiger partial charge in [-0.3, -0.25) is 0 Å². The Morgan fingerprint density at radius 1 is 1.15 bits per heavy atom. The van der Waals surface area contributed by atoms with Crippen LogP contribution in [0, 0.1) is 0 Å². The predicted molar refractivity (Wildman–Crippen MR) is 55.0 cm³/mol. The monoisotopic (exact) mass is 202 g/mol. The van der Waals surface area contributed by atoms with Gasteiger partial charge in [-0.1, -0.05) is 13.2 Å². The van der Waals surface area contributed by atoms with E-state index in [0.717, 1.165) is 0 Å². The average molecular weight is 202 g/mol. The van der Waals surface area contributed by atoms with Gasteiger partial charge in [0.2, 0.25) is 0 Å². The number of hydrogen-bond donors (Lipinski definition) is 0. The molecule has 0 aromatic carbocycles. The van der Waals surface area contributed by atoms with Crippen molar-refractivity contribution in [3.63, 3.8) is 0 Å². The summed E-state index contributed by atoms with van der Waals surface area (Å²) in [6.45, 7) is 15.1. The largest absolute Gasteiger partial charge is 0.628 e. The summed E-state index contributed by atoms with van der Waals surface area (Å²) in [6, 6.07) is 0. The Balaban J connectivity index is 4.32. The lowest BCUT2D eigenvalue weighted by Crippen LogP contribution is -2.41. The Labute approximate surface area is 81.4 Å².